The first-order valence-corrected chi connectivity index (χ1v) is 19.1. The van der Waals surface area contributed by atoms with Crippen molar-refractivity contribution in [3.63, 3.8) is 0 Å². The fourth-order valence-corrected chi connectivity index (χ4v) is 10.5. The SMILES string of the molecule is Cc1cn(-c2ccccc2)c2c1B1c3c(cc(-c4cccc5c4C(C)(C)c4ccccc4-5)cc3-n3c4ccccc4c4cccc1c43)N2c1ccccc1. The van der Waals surface area contributed by atoms with Crippen molar-refractivity contribution in [1.29, 1.82) is 0 Å². The van der Waals surface area contributed by atoms with Gasteiger partial charge in [-0.25, -0.2) is 0 Å². The van der Waals surface area contributed by atoms with Gasteiger partial charge in [0.15, 0.2) is 0 Å². The van der Waals surface area contributed by atoms with E-state index in [9.17, 15) is 0 Å². The molecule has 0 bridgehead atoms. The summed E-state index contributed by atoms with van der Waals surface area (Å²) in [6.07, 6.45) is 2.36. The molecule has 12 rings (SSSR count). The summed E-state index contributed by atoms with van der Waals surface area (Å²) in [5.74, 6) is 1.21. The molecule has 3 nitrogen and oxygen atoms in total. The number of benzene rings is 7. The number of fused-ring (bicyclic) bond motifs is 10. The van der Waals surface area contributed by atoms with Crippen LogP contribution in [0.5, 0.6) is 0 Å². The van der Waals surface area contributed by atoms with Gasteiger partial charge in [0.1, 0.15) is 5.82 Å². The van der Waals surface area contributed by atoms with Crippen LogP contribution in [-0.2, 0) is 5.41 Å². The molecule has 0 fully saturated rings. The topological polar surface area (TPSA) is 13.1 Å². The molecule has 2 aromatic heterocycles. The largest absolute Gasteiger partial charge is 0.310 e. The molecule has 0 spiro atoms. The van der Waals surface area contributed by atoms with Crippen LogP contribution in [0.3, 0.4) is 0 Å². The van der Waals surface area contributed by atoms with Crippen LogP contribution in [0.4, 0.5) is 17.2 Å². The molecule has 0 unspecified atom stereocenters. The Morgan fingerprint density at radius 1 is 0.556 bits per heavy atom. The third kappa shape index (κ3) is 3.72. The fourth-order valence-electron chi connectivity index (χ4n) is 10.5. The number of hydrogen-bond acceptors (Lipinski definition) is 1. The third-order valence-electron chi connectivity index (χ3n) is 12.6. The number of para-hydroxylation sites is 4. The van der Waals surface area contributed by atoms with E-state index in [1.54, 1.807) is 0 Å². The van der Waals surface area contributed by atoms with Crippen molar-refractivity contribution in [2.75, 3.05) is 4.90 Å². The maximum atomic E-state index is 2.58. The Balaban J connectivity index is 1.26. The highest BCUT2D eigenvalue weighted by Crippen LogP contribution is 2.53. The molecule has 0 saturated carbocycles. The van der Waals surface area contributed by atoms with E-state index in [0.29, 0.717) is 0 Å². The van der Waals surface area contributed by atoms with Gasteiger partial charge in [-0.15, -0.1) is 0 Å². The minimum atomic E-state index is -0.149. The van der Waals surface area contributed by atoms with E-state index in [2.05, 4.69) is 199 Å². The second kappa shape index (κ2) is 10.5. The number of anilines is 3. The monoisotopic (exact) mass is 689 g/mol. The van der Waals surface area contributed by atoms with Crippen molar-refractivity contribution in [3.05, 3.63) is 181 Å². The van der Waals surface area contributed by atoms with Gasteiger partial charge in [0, 0.05) is 50.7 Å². The number of aryl methyl sites for hydroxylation is 1. The van der Waals surface area contributed by atoms with Gasteiger partial charge in [0.25, 0.3) is 6.71 Å². The van der Waals surface area contributed by atoms with Crippen LogP contribution >= 0.6 is 0 Å². The molecule has 54 heavy (non-hydrogen) atoms. The predicted molar refractivity (Wildman–Crippen MR) is 227 cm³/mol. The molecular weight excluding hydrogens is 653 g/mol. The molecule has 0 saturated heterocycles. The average Bonchev–Trinajstić information content (AvgIpc) is 3.82. The molecule has 3 aliphatic rings. The third-order valence-corrected chi connectivity index (χ3v) is 12.6. The summed E-state index contributed by atoms with van der Waals surface area (Å²) in [5.41, 5.74) is 20.6. The fraction of sp³-hybridized carbons (Fsp3) is 0.0800. The van der Waals surface area contributed by atoms with Crippen molar-refractivity contribution in [2.45, 2.75) is 26.2 Å². The summed E-state index contributed by atoms with van der Waals surface area (Å²) >= 11 is 0. The number of rotatable bonds is 3. The van der Waals surface area contributed by atoms with Crippen molar-refractivity contribution in [1.82, 2.24) is 9.13 Å². The van der Waals surface area contributed by atoms with Crippen LogP contribution in [-0.4, -0.2) is 15.8 Å². The normalized spacial score (nSPS) is 14.3. The highest BCUT2D eigenvalue weighted by molar-refractivity contribution is 7.00. The second-order valence-electron chi connectivity index (χ2n) is 15.8. The zero-order valence-electron chi connectivity index (χ0n) is 30.5. The molecule has 9 aromatic rings. The number of aromatic nitrogens is 2. The molecule has 4 heteroatoms. The number of nitrogens with zero attached hydrogens (tertiary/aromatic N) is 3. The zero-order chi connectivity index (χ0) is 35.9. The lowest BCUT2D eigenvalue weighted by Gasteiger charge is -2.40. The Hall–Kier alpha value is -6.52. The molecule has 1 aliphatic carbocycles. The van der Waals surface area contributed by atoms with E-state index >= 15 is 0 Å². The van der Waals surface area contributed by atoms with Gasteiger partial charge in [-0.1, -0.05) is 129 Å². The molecule has 0 atom stereocenters. The molecule has 0 N–H and O–H groups in total. The van der Waals surface area contributed by atoms with Crippen LogP contribution in [0, 0.1) is 6.92 Å². The summed E-state index contributed by atoms with van der Waals surface area (Å²) in [6, 6.07) is 58.7. The van der Waals surface area contributed by atoms with Gasteiger partial charge in [-0.2, -0.15) is 0 Å². The standard InChI is InChI=1S/C50H36BN3/c1-31-30-52(33-16-6-4-7-17-33)49-46(31)51-41-26-15-24-39-37-21-11-13-27-42(37)54(48(39)41)44-29-32(28-43(47(44)51)53(49)34-18-8-5-9-19-34)35-22-14-23-38-36-20-10-12-25-40(36)50(2,3)45(35)38/h4-30H,1-3H3. The molecular formula is C50H36BN3. The van der Waals surface area contributed by atoms with E-state index < -0.39 is 0 Å². The summed E-state index contributed by atoms with van der Waals surface area (Å²) in [7, 11) is 0. The summed E-state index contributed by atoms with van der Waals surface area (Å²) in [4.78, 5) is 2.55. The lowest BCUT2D eigenvalue weighted by Crippen LogP contribution is -2.60. The molecule has 0 amide bonds. The maximum Gasteiger partial charge on any atom is 0.254 e. The molecule has 7 aromatic carbocycles. The van der Waals surface area contributed by atoms with Crippen LogP contribution in [0.1, 0.15) is 30.5 Å². The van der Waals surface area contributed by atoms with E-state index in [1.807, 2.05) is 0 Å². The Morgan fingerprint density at radius 2 is 1.20 bits per heavy atom. The van der Waals surface area contributed by atoms with E-state index in [1.165, 1.54) is 94.3 Å². The minimum Gasteiger partial charge on any atom is -0.310 e. The van der Waals surface area contributed by atoms with Crippen molar-refractivity contribution < 1.29 is 0 Å². The van der Waals surface area contributed by atoms with Gasteiger partial charge in [-0.3, -0.25) is 4.90 Å². The van der Waals surface area contributed by atoms with Crippen molar-refractivity contribution >= 4 is 62.1 Å². The zero-order valence-corrected chi connectivity index (χ0v) is 30.5. The summed E-state index contributed by atoms with van der Waals surface area (Å²) < 4.78 is 5.01. The highest BCUT2D eigenvalue weighted by Gasteiger charge is 2.45. The van der Waals surface area contributed by atoms with Crippen molar-refractivity contribution in [3.8, 4) is 33.6 Å². The maximum absolute atomic E-state index is 2.58. The summed E-state index contributed by atoms with van der Waals surface area (Å²) in [6.45, 7) is 7.16. The minimum absolute atomic E-state index is 0.0617. The van der Waals surface area contributed by atoms with Crippen LogP contribution in [0.2, 0.25) is 0 Å². The lowest BCUT2D eigenvalue weighted by molar-refractivity contribution is 0.662. The molecule has 254 valence electrons. The molecule has 2 aliphatic heterocycles. The first kappa shape index (κ1) is 30.0. The van der Waals surface area contributed by atoms with E-state index in [4.69, 9.17) is 0 Å². The first-order valence-electron chi connectivity index (χ1n) is 19.1. The van der Waals surface area contributed by atoms with Gasteiger partial charge in [0.05, 0.1) is 5.52 Å². The highest BCUT2D eigenvalue weighted by atomic mass is 15.3. The van der Waals surface area contributed by atoms with Crippen molar-refractivity contribution in [2.24, 2.45) is 0 Å². The lowest BCUT2D eigenvalue weighted by atomic mass is 9.33. The first-order chi connectivity index (χ1) is 26.5. The number of hydrogen-bond donors (Lipinski definition) is 0. The second-order valence-corrected chi connectivity index (χ2v) is 15.8. The van der Waals surface area contributed by atoms with Gasteiger partial charge in [-0.05, 0) is 105 Å². The van der Waals surface area contributed by atoms with Crippen LogP contribution < -0.4 is 21.3 Å². The Kier molecular flexibility index (Phi) is 5.86. The van der Waals surface area contributed by atoms with E-state index in [0.717, 1.165) is 11.4 Å². The summed E-state index contributed by atoms with van der Waals surface area (Å²) in [5, 5.41) is 2.60. The van der Waals surface area contributed by atoms with E-state index in [-0.39, 0.29) is 12.1 Å². The van der Waals surface area contributed by atoms with Gasteiger partial charge in [0.2, 0.25) is 0 Å². The smallest absolute Gasteiger partial charge is 0.254 e. The van der Waals surface area contributed by atoms with Crippen LogP contribution in [0.25, 0.3) is 55.4 Å². The Labute approximate surface area is 315 Å². The average molecular weight is 690 g/mol. The van der Waals surface area contributed by atoms with Crippen LogP contribution in [0.15, 0.2) is 164 Å². The Morgan fingerprint density at radius 3 is 2.04 bits per heavy atom. The molecule has 0 radical (unpaired) electrons. The Bertz CT molecular complexity index is 3040. The predicted octanol–water partition coefficient (Wildman–Crippen LogP) is 10.5. The molecule has 4 heterocycles. The quantitative estimate of drug-likeness (QED) is 0.168. The van der Waals surface area contributed by atoms with Gasteiger partial charge < -0.3 is 9.13 Å². The van der Waals surface area contributed by atoms with Gasteiger partial charge >= 0.3 is 0 Å².